The lowest BCUT2D eigenvalue weighted by Crippen LogP contribution is -2.46. The van der Waals surface area contributed by atoms with Gasteiger partial charge in [0.05, 0.1) is 18.8 Å². The highest BCUT2D eigenvalue weighted by Gasteiger charge is 2.37. The van der Waals surface area contributed by atoms with E-state index in [-0.39, 0.29) is 18.5 Å². The molecule has 0 bridgehead atoms. The summed E-state index contributed by atoms with van der Waals surface area (Å²) in [6.07, 6.45) is 3.17. The second kappa shape index (κ2) is 13.0. The van der Waals surface area contributed by atoms with Crippen LogP contribution in [0.1, 0.15) is 24.8 Å². The maximum Gasteiger partial charge on any atom is 0.317 e. The third-order valence-corrected chi connectivity index (χ3v) is 5.33. The first-order chi connectivity index (χ1) is 14.6. The Morgan fingerprint density at radius 3 is 2.47 bits per heavy atom. The van der Waals surface area contributed by atoms with Gasteiger partial charge in [0.2, 0.25) is 0 Å². The molecule has 9 heteroatoms. The van der Waals surface area contributed by atoms with E-state index in [0.717, 1.165) is 24.4 Å². The molecule has 2 amide bonds. The number of carboxylic acid groups (broad SMARTS) is 1. The summed E-state index contributed by atoms with van der Waals surface area (Å²) in [4.78, 5) is 24.9. The zero-order valence-electron chi connectivity index (χ0n) is 17.5. The maximum absolute atomic E-state index is 12.5. The van der Waals surface area contributed by atoms with E-state index in [1.54, 1.807) is 12.0 Å². The van der Waals surface area contributed by atoms with Crippen molar-refractivity contribution in [3.63, 3.8) is 0 Å². The number of nitrogens with one attached hydrogen (secondary N) is 1. The quantitative estimate of drug-likeness (QED) is 0.446. The zero-order chi connectivity index (χ0) is 21.8. The number of aliphatic hydroxyl groups is 1. The summed E-state index contributed by atoms with van der Waals surface area (Å²) in [5.74, 6) is 0.786. The molecule has 1 aromatic rings. The third kappa shape index (κ3) is 7.47. The zero-order valence-corrected chi connectivity index (χ0v) is 17.5. The molecule has 2 heterocycles. The fraction of sp³-hybridized carbons (Fsp3) is 0.619. The van der Waals surface area contributed by atoms with Gasteiger partial charge in [-0.05, 0) is 43.6 Å². The number of carbonyl (C=O) groups excluding carboxylic acids is 1. The molecule has 2 saturated heterocycles. The van der Waals surface area contributed by atoms with Crippen molar-refractivity contribution < 1.29 is 29.3 Å². The van der Waals surface area contributed by atoms with Crippen molar-refractivity contribution in [3.8, 4) is 5.75 Å². The number of piperidine rings is 1. The van der Waals surface area contributed by atoms with Crippen LogP contribution in [0.2, 0.25) is 0 Å². The van der Waals surface area contributed by atoms with Crippen LogP contribution >= 0.6 is 0 Å². The number of urea groups is 1. The standard InChI is InChI=1S/C20H31N3O4.CH2O2/c1-26-11-12-27-17-7-5-16(6-8-17)13-21-20(25)23-14-18(19(24)15-23)22-9-3-2-4-10-22;2-1-3/h5-8,18-19,24H,2-4,9-15H2,1H3,(H,21,25);1H,(H,2,3)/t18-,19-;/m0./s1. The summed E-state index contributed by atoms with van der Waals surface area (Å²) in [5, 5.41) is 20.2. The molecule has 3 rings (SSSR count). The average molecular weight is 424 g/mol. The number of ether oxygens (including phenoxy) is 2. The van der Waals surface area contributed by atoms with Crippen molar-refractivity contribution in [1.29, 1.82) is 0 Å². The van der Waals surface area contributed by atoms with E-state index in [4.69, 9.17) is 19.4 Å². The van der Waals surface area contributed by atoms with Crippen molar-refractivity contribution in [2.75, 3.05) is 46.5 Å². The van der Waals surface area contributed by atoms with Crippen molar-refractivity contribution in [2.24, 2.45) is 0 Å². The molecule has 2 aliphatic heterocycles. The van der Waals surface area contributed by atoms with Crippen LogP contribution in [0.15, 0.2) is 24.3 Å². The summed E-state index contributed by atoms with van der Waals surface area (Å²) >= 11 is 0. The van der Waals surface area contributed by atoms with Crippen LogP contribution in [0.5, 0.6) is 5.75 Å². The minimum absolute atomic E-state index is 0.0691. The van der Waals surface area contributed by atoms with Crippen LogP contribution in [-0.2, 0) is 16.1 Å². The average Bonchev–Trinajstić information content (AvgIpc) is 3.16. The number of nitrogens with zero attached hydrogens (tertiary/aromatic N) is 2. The molecule has 3 N–H and O–H groups in total. The number of methoxy groups -OCH3 is 1. The normalized spacial score (nSPS) is 21.5. The van der Waals surface area contributed by atoms with Crippen molar-refractivity contribution in [2.45, 2.75) is 38.0 Å². The van der Waals surface area contributed by atoms with Crippen LogP contribution in [0.4, 0.5) is 4.79 Å². The summed E-state index contributed by atoms with van der Waals surface area (Å²) in [6, 6.07) is 7.62. The van der Waals surface area contributed by atoms with Crippen LogP contribution in [0.25, 0.3) is 0 Å². The number of hydrogen-bond acceptors (Lipinski definition) is 6. The fourth-order valence-electron chi connectivity index (χ4n) is 3.78. The lowest BCUT2D eigenvalue weighted by molar-refractivity contribution is -0.122. The van der Waals surface area contributed by atoms with E-state index < -0.39 is 6.10 Å². The molecule has 168 valence electrons. The Hall–Kier alpha value is -2.36. The highest BCUT2D eigenvalue weighted by atomic mass is 16.5. The molecular weight excluding hydrogens is 390 g/mol. The fourth-order valence-corrected chi connectivity index (χ4v) is 3.78. The number of amides is 2. The Morgan fingerprint density at radius 2 is 1.83 bits per heavy atom. The maximum atomic E-state index is 12.5. The Labute approximate surface area is 177 Å². The van der Waals surface area contributed by atoms with Crippen molar-refractivity contribution in [1.82, 2.24) is 15.1 Å². The van der Waals surface area contributed by atoms with Gasteiger partial charge in [-0.1, -0.05) is 18.6 Å². The Balaban J connectivity index is 0.00000101. The van der Waals surface area contributed by atoms with Crippen molar-refractivity contribution in [3.05, 3.63) is 29.8 Å². The van der Waals surface area contributed by atoms with Gasteiger partial charge < -0.3 is 29.9 Å². The van der Waals surface area contributed by atoms with E-state index in [2.05, 4.69) is 10.2 Å². The first kappa shape index (κ1) is 23.9. The first-order valence-corrected chi connectivity index (χ1v) is 10.3. The second-order valence-electron chi connectivity index (χ2n) is 7.39. The topological polar surface area (TPSA) is 112 Å². The largest absolute Gasteiger partial charge is 0.491 e. The first-order valence-electron chi connectivity index (χ1n) is 10.3. The molecule has 2 fully saturated rings. The smallest absolute Gasteiger partial charge is 0.317 e. The van der Waals surface area contributed by atoms with E-state index in [1.165, 1.54) is 19.3 Å². The Morgan fingerprint density at radius 1 is 1.17 bits per heavy atom. The summed E-state index contributed by atoms with van der Waals surface area (Å²) in [5.41, 5.74) is 1.01. The Bertz CT molecular complexity index is 636. The van der Waals surface area contributed by atoms with Gasteiger partial charge in [0.15, 0.2) is 0 Å². The van der Waals surface area contributed by atoms with Crippen LogP contribution < -0.4 is 10.1 Å². The van der Waals surface area contributed by atoms with Gasteiger partial charge in [0.25, 0.3) is 6.47 Å². The number of β-amino-alcohol motifs (C(OH)–C–C–N with tert-alkyl or cyclic N) is 1. The van der Waals surface area contributed by atoms with E-state index >= 15 is 0 Å². The van der Waals surface area contributed by atoms with Gasteiger partial charge in [0.1, 0.15) is 12.4 Å². The molecule has 0 radical (unpaired) electrons. The molecular formula is C21H33N3O6. The van der Waals surface area contributed by atoms with Gasteiger partial charge >= 0.3 is 6.03 Å². The van der Waals surface area contributed by atoms with Gasteiger partial charge in [-0.3, -0.25) is 9.69 Å². The monoisotopic (exact) mass is 423 g/mol. The third-order valence-electron chi connectivity index (χ3n) is 5.33. The van der Waals surface area contributed by atoms with Crippen LogP contribution in [0, 0.1) is 0 Å². The molecule has 0 unspecified atom stereocenters. The van der Waals surface area contributed by atoms with Crippen molar-refractivity contribution >= 4 is 12.5 Å². The molecule has 0 saturated carbocycles. The van der Waals surface area contributed by atoms with E-state index in [9.17, 15) is 9.90 Å². The molecule has 9 nitrogen and oxygen atoms in total. The number of aliphatic hydroxyl groups excluding tert-OH is 1. The molecule has 1 aromatic carbocycles. The lowest BCUT2D eigenvalue weighted by atomic mass is 10.1. The molecule has 30 heavy (non-hydrogen) atoms. The van der Waals surface area contributed by atoms with Crippen LogP contribution in [-0.4, -0.2) is 91.2 Å². The SMILES string of the molecule is COCCOc1ccc(CNC(=O)N2C[C@H](O)[C@@H](N3CCCCC3)C2)cc1.O=CO. The molecule has 2 atom stereocenters. The number of carbonyl (C=O) groups is 2. The highest BCUT2D eigenvalue weighted by Crippen LogP contribution is 2.21. The Kier molecular flexibility index (Phi) is 10.4. The predicted molar refractivity (Wildman–Crippen MR) is 112 cm³/mol. The summed E-state index contributed by atoms with van der Waals surface area (Å²) in [7, 11) is 1.64. The number of benzene rings is 1. The molecule has 0 aliphatic carbocycles. The van der Waals surface area contributed by atoms with Gasteiger partial charge in [0, 0.05) is 26.7 Å². The number of hydrogen-bond donors (Lipinski definition) is 3. The second-order valence-corrected chi connectivity index (χ2v) is 7.39. The van der Waals surface area contributed by atoms with E-state index in [1.807, 2.05) is 24.3 Å². The highest BCUT2D eigenvalue weighted by molar-refractivity contribution is 5.74. The number of likely N-dealkylation sites (tertiary alicyclic amines) is 2. The van der Waals surface area contributed by atoms with E-state index in [0.29, 0.717) is 32.8 Å². The summed E-state index contributed by atoms with van der Waals surface area (Å²) < 4.78 is 10.5. The minimum Gasteiger partial charge on any atom is -0.491 e. The number of rotatable bonds is 7. The van der Waals surface area contributed by atoms with Gasteiger partial charge in [-0.15, -0.1) is 0 Å². The minimum atomic E-state index is -0.461. The summed E-state index contributed by atoms with van der Waals surface area (Å²) in [6.45, 7) is 4.32. The van der Waals surface area contributed by atoms with Crippen LogP contribution in [0.3, 0.4) is 0 Å². The van der Waals surface area contributed by atoms with Gasteiger partial charge in [-0.2, -0.15) is 0 Å². The lowest BCUT2D eigenvalue weighted by Gasteiger charge is -2.33. The molecule has 0 spiro atoms. The molecule has 2 aliphatic rings. The predicted octanol–water partition coefficient (Wildman–Crippen LogP) is 1.15. The van der Waals surface area contributed by atoms with Gasteiger partial charge in [-0.25, -0.2) is 4.79 Å². The molecule has 0 aromatic heterocycles.